The highest BCUT2D eigenvalue weighted by molar-refractivity contribution is 7.86. The summed E-state index contributed by atoms with van der Waals surface area (Å²) in [5.74, 6) is -1.45. The van der Waals surface area contributed by atoms with Crippen LogP contribution in [0.1, 0.15) is 32.6 Å². The maximum absolute atomic E-state index is 13.2. The van der Waals surface area contributed by atoms with Gasteiger partial charge in [0.25, 0.3) is 0 Å². The molecule has 6 nitrogen and oxygen atoms in total. The van der Waals surface area contributed by atoms with Gasteiger partial charge in [-0.15, -0.1) is 0 Å². The largest absolute Gasteiger partial charge is 0.458 e. The lowest BCUT2D eigenvalue weighted by Crippen LogP contribution is -2.62. The Bertz CT molecular complexity index is 617. The summed E-state index contributed by atoms with van der Waals surface area (Å²) in [4.78, 5) is 12.3. The van der Waals surface area contributed by atoms with Crippen LogP contribution < -0.4 is 0 Å². The van der Waals surface area contributed by atoms with Gasteiger partial charge in [0.1, 0.15) is 0 Å². The van der Waals surface area contributed by atoms with Crippen molar-refractivity contribution < 1.29 is 36.4 Å². The number of carbonyl (C=O) groups is 1. The van der Waals surface area contributed by atoms with Crippen molar-refractivity contribution in [2.45, 2.75) is 43.5 Å². The Hall–Kier alpha value is -0.800. The van der Waals surface area contributed by atoms with Crippen LogP contribution in [0.15, 0.2) is 0 Å². The van der Waals surface area contributed by atoms with E-state index in [1.165, 1.54) is 0 Å². The fourth-order valence-corrected chi connectivity index (χ4v) is 5.08. The summed E-state index contributed by atoms with van der Waals surface area (Å²) in [5, 5.41) is 6.15. The molecule has 0 heterocycles. The zero-order valence-electron chi connectivity index (χ0n) is 12.6. The Morgan fingerprint density at radius 1 is 1.30 bits per heavy atom. The molecule has 0 spiro atoms. The van der Waals surface area contributed by atoms with Gasteiger partial charge in [0, 0.05) is 5.92 Å². The molecule has 0 aromatic heterocycles. The SMILES string of the molecule is CC1(O)C2CC3CC(C2)C(C(=O)OCC(F)(F)S(=O)(=O)O)C1C3. The molecule has 0 radical (unpaired) electrons. The van der Waals surface area contributed by atoms with Gasteiger partial charge in [-0.3, -0.25) is 9.35 Å². The third kappa shape index (κ3) is 2.66. The fraction of sp³-hybridized carbons (Fsp3) is 0.929. The molecule has 0 aliphatic heterocycles. The van der Waals surface area contributed by atoms with Crippen LogP contribution >= 0.6 is 0 Å². The normalized spacial score (nSPS) is 42.7. The maximum Gasteiger partial charge on any atom is 0.402 e. The predicted molar refractivity (Wildman–Crippen MR) is 74.0 cm³/mol. The van der Waals surface area contributed by atoms with Gasteiger partial charge >= 0.3 is 21.3 Å². The van der Waals surface area contributed by atoms with Gasteiger partial charge in [0.05, 0.1) is 11.5 Å². The summed E-state index contributed by atoms with van der Waals surface area (Å²) in [6.07, 6.45) is 3.02. The summed E-state index contributed by atoms with van der Waals surface area (Å²) in [6.45, 7) is -0.0389. The molecule has 0 amide bonds. The van der Waals surface area contributed by atoms with Crippen LogP contribution in [0.3, 0.4) is 0 Å². The number of carbonyl (C=O) groups excluding carboxylic acids is 1. The highest BCUT2D eigenvalue weighted by atomic mass is 32.2. The topological polar surface area (TPSA) is 101 Å². The third-order valence-electron chi connectivity index (χ3n) is 5.98. The van der Waals surface area contributed by atoms with Gasteiger partial charge < -0.3 is 9.84 Å². The lowest BCUT2D eigenvalue weighted by Gasteiger charge is -2.60. The Balaban J connectivity index is 1.73. The van der Waals surface area contributed by atoms with Crippen molar-refractivity contribution in [1.82, 2.24) is 0 Å². The number of alkyl halides is 2. The van der Waals surface area contributed by atoms with Crippen molar-refractivity contribution in [3.8, 4) is 0 Å². The van der Waals surface area contributed by atoms with E-state index in [1.54, 1.807) is 6.92 Å². The quantitative estimate of drug-likeness (QED) is 0.585. The smallest absolute Gasteiger partial charge is 0.402 e. The molecule has 4 rings (SSSR count). The van der Waals surface area contributed by atoms with E-state index < -0.39 is 39.5 Å². The molecular weight excluding hydrogens is 334 g/mol. The van der Waals surface area contributed by atoms with E-state index in [-0.39, 0.29) is 17.8 Å². The van der Waals surface area contributed by atoms with Crippen LogP contribution in [0.25, 0.3) is 0 Å². The number of esters is 1. The summed E-state index contributed by atoms with van der Waals surface area (Å²) in [7, 11) is -5.63. The summed E-state index contributed by atoms with van der Waals surface area (Å²) < 4.78 is 60.5. The van der Waals surface area contributed by atoms with Gasteiger partial charge in [0.15, 0.2) is 6.61 Å². The van der Waals surface area contributed by atoms with Gasteiger partial charge in [-0.1, -0.05) is 0 Å². The highest BCUT2D eigenvalue weighted by Crippen LogP contribution is 2.60. The minimum atomic E-state index is -5.63. The summed E-state index contributed by atoms with van der Waals surface area (Å²) in [6, 6.07) is 0. The molecular formula is C14H20F2O6S. The minimum absolute atomic E-state index is 0.0235. The molecule has 2 N–H and O–H groups in total. The van der Waals surface area contributed by atoms with Crippen LogP contribution in [0, 0.1) is 29.6 Å². The molecule has 0 saturated heterocycles. The zero-order chi connectivity index (χ0) is 17.2. The van der Waals surface area contributed by atoms with Crippen molar-refractivity contribution in [1.29, 1.82) is 0 Å². The number of hydrogen-bond acceptors (Lipinski definition) is 5. The van der Waals surface area contributed by atoms with Gasteiger partial charge in [-0.05, 0) is 50.4 Å². The summed E-state index contributed by atoms with van der Waals surface area (Å²) in [5.41, 5.74) is -1.04. The Kier molecular flexibility index (Phi) is 3.77. The number of ether oxygens (including phenoxy) is 1. The van der Waals surface area contributed by atoms with Crippen LogP contribution in [-0.4, -0.2) is 41.5 Å². The average Bonchev–Trinajstić information content (AvgIpc) is 2.41. The predicted octanol–water partition coefficient (Wildman–Crippen LogP) is 1.44. The van der Waals surface area contributed by atoms with Crippen LogP contribution in [0.2, 0.25) is 0 Å². The van der Waals surface area contributed by atoms with Crippen LogP contribution in [0.5, 0.6) is 0 Å². The zero-order valence-corrected chi connectivity index (χ0v) is 13.4. The Morgan fingerprint density at radius 3 is 2.57 bits per heavy atom. The highest BCUT2D eigenvalue weighted by Gasteiger charge is 2.61. The molecule has 4 aliphatic rings. The molecule has 4 saturated carbocycles. The van der Waals surface area contributed by atoms with E-state index >= 15 is 0 Å². The number of halogens is 2. The molecule has 6 atom stereocenters. The van der Waals surface area contributed by atoms with Crippen molar-refractivity contribution in [2.24, 2.45) is 29.6 Å². The first-order chi connectivity index (χ1) is 10.4. The first-order valence-corrected chi connectivity index (χ1v) is 9.11. The molecule has 4 aliphatic carbocycles. The van der Waals surface area contributed by atoms with E-state index in [0.29, 0.717) is 18.8 Å². The van der Waals surface area contributed by atoms with Gasteiger partial charge in [-0.2, -0.15) is 17.2 Å². The van der Waals surface area contributed by atoms with E-state index in [4.69, 9.17) is 4.55 Å². The first-order valence-electron chi connectivity index (χ1n) is 7.67. The van der Waals surface area contributed by atoms with Gasteiger partial charge in [0.2, 0.25) is 0 Å². The second-order valence-electron chi connectivity index (χ2n) is 7.34. The molecule has 4 fully saturated rings. The number of aliphatic hydroxyl groups is 1. The molecule has 132 valence electrons. The van der Waals surface area contributed by atoms with E-state index in [0.717, 1.165) is 12.8 Å². The minimum Gasteiger partial charge on any atom is -0.458 e. The molecule has 0 aromatic carbocycles. The van der Waals surface area contributed by atoms with Crippen molar-refractivity contribution >= 4 is 16.1 Å². The summed E-state index contributed by atoms with van der Waals surface area (Å²) >= 11 is 0. The molecule has 0 aromatic rings. The van der Waals surface area contributed by atoms with Crippen LogP contribution in [0.4, 0.5) is 8.78 Å². The Morgan fingerprint density at radius 2 is 1.96 bits per heavy atom. The number of hydrogen-bond donors (Lipinski definition) is 2. The first kappa shape index (κ1) is 17.0. The van der Waals surface area contributed by atoms with E-state index in [9.17, 15) is 27.1 Å². The van der Waals surface area contributed by atoms with Crippen molar-refractivity contribution in [3.63, 3.8) is 0 Å². The lowest BCUT2D eigenvalue weighted by molar-refractivity contribution is -0.208. The fourth-order valence-electron chi connectivity index (χ4n) is 4.87. The van der Waals surface area contributed by atoms with E-state index in [2.05, 4.69) is 4.74 Å². The molecule has 23 heavy (non-hydrogen) atoms. The van der Waals surface area contributed by atoms with Crippen molar-refractivity contribution in [3.05, 3.63) is 0 Å². The van der Waals surface area contributed by atoms with E-state index in [1.807, 2.05) is 0 Å². The standard InChI is InChI=1S/C14H20F2O6S/c1-13(18)9-3-7-2-8(5-9)11(10(13)4-7)12(17)22-6-14(15,16)23(19,20)21/h7-11,18H,2-6H2,1H3,(H,19,20,21). The second-order valence-corrected chi connectivity index (χ2v) is 8.89. The lowest BCUT2D eigenvalue weighted by atomic mass is 9.46. The molecule has 9 heteroatoms. The Labute approximate surface area is 132 Å². The average molecular weight is 354 g/mol. The number of rotatable bonds is 4. The van der Waals surface area contributed by atoms with Crippen molar-refractivity contribution in [2.75, 3.05) is 6.61 Å². The molecule has 4 bridgehead atoms. The third-order valence-corrected chi connectivity index (χ3v) is 6.85. The maximum atomic E-state index is 13.2. The second kappa shape index (κ2) is 5.10. The molecule has 6 unspecified atom stereocenters. The van der Waals surface area contributed by atoms with Crippen LogP contribution in [-0.2, 0) is 19.6 Å². The van der Waals surface area contributed by atoms with Gasteiger partial charge in [-0.25, -0.2) is 0 Å². The monoisotopic (exact) mass is 354 g/mol.